The molecule has 1 unspecified atom stereocenters. The molecule has 6 nitrogen and oxygen atoms in total. The average molecular weight is 312 g/mol. The summed E-state index contributed by atoms with van der Waals surface area (Å²) in [5, 5.41) is 17.7. The van der Waals surface area contributed by atoms with Crippen LogP contribution in [0.3, 0.4) is 0 Å². The minimum Gasteiger partial charge on any atom is -0.479 e. The van der Waals surface area contributed by atoms with Crippen LogP contribution < -0.4 is 0 Å². The number of rotatable bonds is 12. The van der Waals surface area contributed by atoms with Crippen LogP contribution in [0.5, 0.6) is 0 Å². The highest BCUT2D eigenvalue weighted by atomic mass is 32.2. The number of hydrogen-bond acceptors (Lipinski definition) is 6. The summed E-state index contributed by atoms with van der Waals surface area (Å²) in [4.78, 5) is 10.5. The normalized spacial score (nSPS) is 13.5. The molecule has 0 aliphatic carbocycles. The Hall–Kier alpha value is -0.123. The third-order valence-electron chi connectivity index (χ3n) is 2.21. The van der Waals surface area contributed by atoms with Crippen molar-refractivity contribution >= 4 is 26.5 Å². The first-order valence-electron chi connectivity index (χ1n) is 6.45. The molecule has 0 heterocycles. The fourth-order valence-corrected chi connectivity index (χ4v) is 5.10. The molecular formula is C11H24O6SSi. The molecule has 0 saturated heterocycles. The summed E-state index contributed by atoms with van der Waals surface area (Å²) in [5.74, 6) is -0.692. The van der Waals surface area contributed by atoms with Crippen LogP contribution in [-0.2, 0) is 18.1 Å². The molecule has 1 atom stereocenters. The topological polar surface area (TPSA) is 85.2 Å². The smallest absolute Gasteiger partial charge is 0.479 e. The highest BCUT2D eigenvalue weighted by molar-refractivity contribution is 8.00. The van der Waals surface area contributed by atoms with E-state index in [0.717, 1.165) is 11.8 Å². The predicted octanol–water partition coefficient (Wildman–Crippen LogP) is 1.56. The Morgan fingerprint density at radius 2 is 1.63 bits per heavy atom. The average Bonchev–Trinajstić information content (AvgIpc) is 2.35. The zero-order valence-corrected chi connectivity index (χ0v) is 13.6. The second-order valence-corrected chi connectivity index (χ2v) is 7.57. The van der Waals surface area contributed by atoms with Gasteiger partial charge in [0.1, 0.15) is 0 Å². The summed E-state index contributed by atoms with van der Waals surface area (Å²) in [6, 6.07) is 0.627. The molecular weight excluding hydrogens is 288 g/mol. The van der Waals surface area contributed by atoms with Gasteiger partial charge in [-0.15, -0.1) is 11.8 Å². The van der Waals surface area contributed by atoms with E-state index in [-0.39, 0.29) is 0 Å². The van der Waals surface area contributed by atoms with Gasteiger partial charge in [-0.2, -0.15) is 0 Å². The maximum Gasteiger partial charge on any atom is 0.500 e. The van der Waals surface area contributed by atoms with E-state index in [4.69, 9.17) is 23.5 Å². The molecule has 0 amide bonds. The van der Waals surface area contributed by atoms with Gasteiger partial charge in [-0.25, -0.2) is 4.79 Å². The first-order valence-corrected chi connectivity index (χ1v) is 9.43. The summed E-state index contributed by atoms with van der Waals surface area (Å²) in [6.45, 7) is 7.25. The predicted molar refractivity (Wildman–Crippen MR) is 76.2 cm³/mol. The minimum absolute atomic E-state index is 0.523. The van der Waals surface area contributed by atoms with Gasteiger partial charge in [0.2, 0.25) is 0 Å². The molecule has 0 aliphatic rings. The van der Waals surface area contributed by atoms with Gasteiger partial charge in [-0.05, 0) is 32.9 Å². The van der Waals surface area contributed by atoms with Crippen molar-refractivity contribution in [3.8, 4) is 0 Å². The largest absolute Gasteiger partial charge is 0.500 e. The lowest BCUT2D eigenvalue weighted by atomic mass is 10.6. The molecule has 0 aliphatic heterocycles. The molecule has 0 rings (SSSR count). The molecule has 0 saturated carbocycles. The lowest BCUT2D eigenvalue weighted by Crippen LogP contribution is -2.46. The molecule has 114 valence electrons. The van der Waals surface area contributed by atoms with Crippen LogP contribution in [0.2, 0.25) is 6.04 Å². The number of carboxylic acids is 1. The molecule has 0 aromatic heterocycles. The molecule has 0 spiro atoms. The van der Waals surface area contributed by atoms with Crippen molar-refractivity contribution in [2.24, 2.45) is 0 Å². The van der Waals surface area contributed by atoms with Crippen LogP contribution in [0.4, 0.5) is 0 Å². The van der Waals surface area contributed by atoms with Gasteiger partial charge in [0.05, 0.1) is 0 Å². The molecule has 0 radical (unpaired) electrons. The summed E-state index contributed by atoms with van der Waals surface area (Å²) in [7, 11) is -2.64. The summed E-state index contributed by atoms with van der Waals surface area (Å²) >= 11 is 0.991. The van der Waals surface area contributed by atoms with Gasteiger partial charge >= 0.3 is 14.8 Å². The van der Waals surface area contributed by atoms with Crippen LogP contribution in [0, 0.1) is 0 Å². The number of carbonyl (C=O) groups is 1. The first-order chi connectivity index (χ1) is 9.01. The summed E-state index contributed by atoms with van der Waals surface area (Å²) < 4.78 is 17.0. The van der Waals surface area contributed by atoms with Crippen LogP contribution in [-0.4, -0.2) is 56.0 Å². The third-order valence-corrected chi connectivity index (χ3v) is 6.40. The van der Waals surface area contributed by atoms with E-state index in [1.165, 1.54) is 0 Å². The zero-order valence-electron chi connectivity index (χ0n) is 11.8. The van der Waals surface area contributed by atoms with Crippen molar-refractivity contribution < 1.29 is 28.3 Å². The lowest BCUT2D eigenvalue weighted by Gasteiger charge is -2.28. The number of aliphatic hydroxyl groups is 1. The van der Waals surface area contributed by atoms with E-state index in [1.807, 2.05) is 20.8 Å². The Balaban J connectivity index is 4.20. The Morgan fingerprint density at radius 1 is 1.16 bits per heavy atom. The van der Waals surface area contributed by atoms with Gasteiger partial charge in [0, 0.05) is 25.9 Å². The lowest BCUT2D eigenvalue weighted by molar-refractivity contribution is -0.141. The Labute approximate surface area is 119 Å². The quantitative estimate of drug-likeness (QED) is 0.321. The van der Waals surface area contributed by atoms with Gasteiger partial charge in [0.25, 0.3) is 0 Å². The zero-order chi connectivity index (χ0) is 14.7. The maximum atomic E-state index is 10.5. The molecule has 0 aromatic carbocycles. The monoisotopic (exact) mass is 312 g/mol. The Kier molecular flexibility index (Phi) is 10.6. The van der Waals surface area contributed by atoms with Crippen LogP contribution in [0.1, 0.15) is 27.2 Å². The second-order valence-electron chi connectivity index (χ2n) is 3.65. The van der Waals surface area contributed by atoms with E-state index in [9.17, 15) is 4.79 Å². The highest BCUT2D eigenvalue weighted by Crippen LogP contribution is 2.21. The van der Waals surface area contributed by atoms with Gasteiger partial charge in [-0.3, -0.25) is 0 Å². The molecule has 8 heteroatoms. The van der Waals surface area contributed by atoms with Crippen molar-refractivity contribution in [3.05, 3.63) is 0 Å². The Bertz CT molecular complexity index is 236. The number of aliphatic hydroxyl groups excluding tert-OH is 1. The maximum absolute atomic E-state index is 10.5. The van der Waals surface area contributed by atoms with Gasteiger partial charge < -0.3 is 23.5 Å². The van der Waals surface area contributed by atoms with Crippen LogP contribution in [0.15, 0.2) is 0 Å². The molecule has 19 heavy (non-hydrogen) atoms. The third kappa shape index (κ3) is 7.90. The molecule has 0 aromatic rings. The first kappa shape index (κ1) is 18.9. The summed E-state index contributed by atoms with van der Waals surface area (Å²) in [5.41, 5.74) is -1.37. The molecule has 0 fully saturated rings. The minimum atomic E-state index is -2.64. The van der Waals surface area contributed by atoms with E-state index in [1.54, 1.807) is 0 Å². The van der Waals surface area contributed by atoms with Gasteiger partial charge in [-0.1, -0.05) is 0 Å². The van der Waals surface area contributed by atoms with Crippen molar-refractivity contribution in [2.75, 3.05) is 25.6 Å². The molecule has 2 N–H and O–H groups in total. The standard InChI is InChI=1S/C11H24O6SSi/c1-4-15-19(16-5-2,17-6-3)9-7-8-18-11(14)10(12)13/h11,14H,4-9H2,1-3H3,(H,12,13). The number of hydrogen-bond donors (Lipinski definition) is 2. The number of aliphatic carboxylic acids is 1. The Morgan fingerprint density at radius 3 is 2.00 bits per heavy atom. The molecule has 0 bridgehead atoms. The second kappa shape index (κ2) is 10.6. The fraction of sp³-hybridized carbons (Fsp3) is 0.909. The van der Waals surface area contributed by atoms with Gasteiger partial charge in [0.15, 0.2) is 5.44 Å². The van der Waals surface area contributed by atoms with Crippen molar-refractivity contribution in [1.29, 1.82) is 0 Å². The number of thioether (sulfide) groups is 1. The van der Waals surface area contributed by atoms with E-state index >= 15 is 0 Å². The van der Waals surface area contributed by atoms with E-state index in [2.05, 4.69) is 0 Å². The number of carboxylic acid groups (broad SMARTS) is 1. The van der Waals surface area contributed by atoms with Crippen molar-refractivity contribution in [3.63, 3.8) is 0 Å². The highest BCUT2D eigenvalue weighted by Gasteiger charge is 2.39. The SMILES string of the molecule is CCO[Si](CCCSC(O)C(=O)O)(OCC)OCC. The van der Waals surface area contributed by atoms with Crippen molar-refractivity contribution in [1.82, 2.24) is 0 Å². The summed E-state index contributed by atoms with van der Waals surface area (Å²) in [6.07, 6.45) is 0.682. The van der Waals surface area contributed by atoms with E-state index < -0.39 is 20.2 Å². The van der Waals surface area contributed by atoms with Crippen LogP contribution in [0.25, 0.3) is 0 Å². The van der Waals surface area contributed by atoms with E-state index in [0.29, 0.717) is 38.0 Å². The fourth-order valence-electron chi connectivity index (χ4n) is 1.56. The van der Waals surface area contributed by atoms with Crippen LogP contribution >= 0.6 is 11.8 Å². The van der Waals surface area contributed by atoms with Crippen molar-refractivity contribution in [2.45, 2.75) is 38.7 Å².